The van der Waals surface area contributed by atoms with E-state index in [0.29, 0.717) is 37.2 Å². The summed E-state index contributed by atoms with van der Waals surface area (Å²) in [6, 6.07) is 0. The Morgan fingerprint density at radius 1 is 0.442 bits per heavy atom. The van der Waals surface area contributed by atoms with Crippen LogP contribution in [0, 0.1) is 42.2 Å². The summed E-state index contributed by atoms with van der Waals surface area (Å²) in [4.78, 5) is 89.7. The van der Waals surface area contributed by atoms with Crippen LogP contribution in [0.15, 0.2) is 36.0 Å². The molecule has 0 saturated heterocycles. The summed E-state index contributed by atoms with van der Waals surface area (Å²) in [7, 11) is 0. The largest absolute Gasteiger partial charge is 0.870 e. The molecule has 0 amide bonds. The Bertz CT molecular complexity index is 1310. The van der Waals surface area contributed by atoms with Gasteiger partial charge in [-0.05, 0) is 120 Å². The molecule has 0 aliphatic carbocycles. The molecule has 14 heteroatoms. The fraction of sp³-hybridized carbons (Fsp3) is 0.778. The average Bonchev–Trinajstić information content (AvgIpc) is 3.53. The van der Waals surface area contributed by atoms with Crippen molar-refractivity contribution in [2.75, 3.05) is 6.61 Å². The maximum atomic E-state index is 10.3. The topological polar surface area (TPSA) is 264 Å². The van der Waals surface area contributed by atoms with Crippen molar-refractivity contribution < 1.29 is 72.9 Å². The Morgan fingerprint density at radius 2 is 0.733 bits per heavy atom. The van der Waals surface area contributed by atoms with Gasteiger partial charge in [-0.25, -0.2) is 0 Å². The molecule has 0 heterocycles. The molecule has 0 aromatic heterocycles. The van der Waals surface area contributed by atoms with E-state index in [-0.39, 0.29) is 27.5 Å². The van der Waals surface area contributed by atoms with Gasteiger partial charge < -0.3 is 54.4 Å². The van der Waals surface area contributed by atoms with Crippen molar-refractivity contribution in [1.82, 2.24) is 0 Å². The fourth-order valence-electron chi connectivity index (χ4n) is 5.97. The molecule has 0 rings (SSSR count). The fourth-order valence-corrected chi connectivity index (χ4v) is 5.97. The number of carbonyl (C=O) groups is 9. The van der Waals surface area contributed by atoms with Gasteiger partial charge in [0.15, 0.2) is 0 Å². The van der Waals surface area contributed by atoms with Crippen molar-refractivity contribution >= 4 is 56.6 Å². The van der Waals surface area contributed by atoms with Crippen LogP contribution in [0.25, 0.3) is 0 Å². The van der Waals surface area contributed by atoms with E-state index >= 15 is 0 Å². The van der Waals surface area contributed by atoms with Gasteiger partial charge in [0.25, 0.3) is 0 Å². The third-order valence-corrected chi connectivity index (χ3v) is 12.1. The van der Waals surface area contributed by atoms with E-state index in [1.807, 2.05) is 88.3 Å². The van der Waals surface area contributed by atoms with Gasteiger partial charge in [0.2, 0.25) is 0 Å². The predicted molar refractivity (Wildman–Crippen MR) is 370 cm³/mol. The van der Waals surface area contributed by atoms with Crippen molar-refractivity contribution in [3.05, 3.63) is 42.6 Å². The van der Waals surface area contributed by atoms with Gasteiger partial charge in [-0.2, -0.15) is 0 Å². The first-order chi connectivity index (χ1) is 40.8. The van der Waals surface area contributed by atoms with E-state index in [0.717, 1.165) is 190 Å². The summed E-state index contributed by atoms with van der Waals surface area (Å²) in [5, 5.41) is 27.3. The number of aliphatic hydroxyl groups is 3. The molecule has 0 aromatic carbocycles. The smallest absolute Gasteiger partial charge is 0 e. The molecule has 0 spiro atoms. The molecule has 0 saturated carbocycles. The standard InChI is InChI=1S/2C8H16O2.C8H18O.2C8H16O.2C8H14O.3C4H8O.C3H6.CO.H2O.3H2/c2*1-3-5-8(10)7(4-2)6-9;5*1-3-5-6-8(4-2)7-9;1-4(2)3-5;2*1-2-3-4-5;1-3-2;1-2;;;;/h2*6-8,10H,3-5H2,1-2H3;8-9H,3-7H2,1-2H3;2*7-8H,3-6H2,1-2H3;2*6-7H,3-5H2,1-2H3;3-4H,1-2H3;2*4H,2-3H2,1H3;3H,1H2,2H3;;1H2;3*1H/p-1/b;;;;;2*8-6-;;;;;;;;;. The Morgan fingerprint density at radius 3 is 0.872 bits per heavy atom. The molecule has 0 bridgehead atoms. The van der Waals surface area contributed by atoms with Crippen LogP contribution >= 0.6 is 0 Å². The quantitative estimate of drug-likeness (QED) is 0.0171. The second-order valence-electron chi connectivity index (χ2n) is 20.4. The molecule has 0 aliphatic rings. The minimum atomic E-state index is -0.424. The van der Waals surface area contributed by atoms with Gasteiger partial charge >= 0.3 is 11.3 Å². The number of aldehydes is 9. The van der Waals surface area contributed by atoms with Crippen LogP contribution in [0.3, 0.4) is 0 Å². The molecule has 0 radical (unpaired) electrons. The van der Waals surface area contributed by atoms with Crippen molar-refractivity contribution in [3.8, 4) is 0 Å². The molecule has 520 valence electrons. The zero-order valence-electron chi connectivity index (χ0n) is 59.1. The molecular formula is C72H147O14-. The number of allylic oxidation sites excluding steroid dienone is 5. The molecule has 14 nitrogen and oxygen atoms in total. The predicted octanol–water partition coefficient (Wildman–Crippen LogP) is 18.9. The molecule has 4 N–H and O–H groups in total. The molecule has 0 aliphatic heterocycles. The van der Waals surface area contributed by atoms with Crippen molar-refractivity contribution in [2.45, 2.75) is 324 Å². The Hall–Kier alpha value is -4.17. The second-order valence-corrected chi connectivity index (χ2v) is 20.4. The van der Waals surface area contributed by atoms with E-state index in [2.05, 4.69) is 68.6 Å². The van der Waals surface area contributed by atoms with Crippen LogP contribution in [0.4, 0.5) is 0 Å². The number of carbonyl (C=O) groups excluding carboxylic acids is 9. The zero-order valence-corrected chi connectivity index (χ0v) is 59.1. The summed E-state index contributed by atoms with van der Waals surface area (Å²) < 4.78 is 7.50. The first-order valence-corrected chi connectivity index (χ1v) is 32.9. The SMILES string of the molecule is C=CC.CC(C)C=O.CCC/C=C(\C=O)CC.CCC/C=C(\C=O)CC.CCCC(O)C(C=O)CC.CCCC(O)C(C=O)CC.CCCC=O.CCCC=O.CCCCC(C=O)CC.CCCCC(C=O)CC.CCCCC(CC)CO.[C-]#[O+].[HH].[HH].[HH].[OH-]. The molecule has 0 aromatic rings. The minimum absolute atomic E-state index is 0. The Balaban J connectivity index is -0.0000000472. The van der Waals surface area contributed by atoms with Crippen molar-refractivity contribution in [1.29, 1.82) is 0 Å². The summed E-state index contributed by atoms with van der Waals surface area (Å²) in [5.74, 6) is 1.11. The van der Waals surface area contributed by atoms with Crippen LogP contribution in [0.1, 0.15) is 316 Å². The van der Waals surface area contributed by atoms with Crippen LogP contribution < -0.4 is 0 Å². The van der Waals surface area contributed by atoms with E-state index in [1.54, 1.807) is 6.08 Å². The van der Waals surface area contributed by atoms with Crippen LogP contribution in [-0.2, 0) is 47.8 Å². The number of hydrogen-bond acceptors (Lipinski definition) is 13. The average molecular weight is 1240 g/mol. The molecule has 0 fully saturated rings. The number of rotatable bonds is 38. The second kappa shape index (κ2) is 115. The summed E-state index contributed by atoms with van der Waals surface area (Å²) in [6.07, 6.45) is 41.4. The van der Waals surface area contributed by atoms with Crippen LogP contribution in [-0.4, -0.2) is 96.2 Å². The van der Waals surface area contributed by atoms with Gasteiger partial charge in [0.05, 0.1) is 12.2 Å². The number of hydrogen-bond donors (Lipinski definition) is 3. The summed E-state index contributed by atoms with van der Waals surface area (Å²) in [5.41, 5.74) is 1.86. The Labute approximate surface area is 535 Å². The number of unbranched alkanes of at least 4 members (excludes halogenated alkanes) is 7. The maximum Gasteiger partial charge on any atom is 0 e. The normalized spacial score (nSPS) is 11.9. The van der Waals surface area contributed by atoms with E-state index < -0.39 is 12.2 Å². The molecule has 7 unspecified atom stereocenters. The first kappa shape index (κ1) is 113. The molecule has 86 heavy (non-hydrogen) atoms. The Kier molecular flexibility index (Phi) is 151. The third kappa shape index (κ3) is 122. The summed E-state index contributed by atoms with van der Waals surface area (Å²) in [6.45, 7) is 46.6. The van der Waals surface area contributed by atoms with Crippen LogP contribution in [0.5, 0.6) is 0 Å². The maximum absolute atomic E-state index is 10.3. The van der Waals surface area contributed by atoms with E-state index in [4.69, 9.17) is 9.76 Å². The van der Waals surface area contributed by atoms with Gasteiger partial charge in [0, 0.05) is 53.3 Å². The van der Waals surface area contributed by atoms with Gasteiger partial charge in [0.1, 0.15) is 56.6 Å². The van der Waals surface area contributed by atoms with Crippen molar-refractivity contribution in [3.63, 3.8) is 0 Å². The van der Waals surface area contributed by atoms with Crippen molar-refractivity contribution in [2.24, 2.45) is 35.5 Å². The van der Waals surface area contributed by atoms with Crippen LogP contribution in [0.2, 0.25) is 0 Å². The number of aliphatic hydroxyl groups excluding tert-OH is 3. The third-order valence-electron chi connectivity index (χ3n) is 12.1. The monoisotopic (exact) mass is 1240 g/mol. The summed E-state index contributed by atoms with van der Waals surface area (Å²) >= 11 is 0. The van der Waals surface area contributed by atoms with Gasteiger partial charge in [-0.15, -0.1) is 6.58 Å². The van der Waals surface area contributed by atoms with Gasteiger partial charge in [-0.1, -0.05) is 213 Å². The molecule has 7 atom stereocenters. The first-order valence-electron chi connectivity index (χ1n) is 32.9. The van der Waals surface area contributed by atoms with Gasteiger partial charge in [-0.3, -0.25) is 9.59 Å². The molecular weight excluding hydrogens is 1090 g/mol. The van der Waals surface area contributed by atoms with E-state index in [1.165, 1.54) is 44.9 Å². The van der Waals surface area contributed by atoms with E-state index in [9.17, 15) is 53.4 Å². The zero-order chi connectivity index (χ0) is 68.8. The minimum Gasteiger partial charge on any atom is -0.870 e.